The third-order valence-corrected chi connectivity index (χ3v) is 5.05. The molecule has 7 heteroatoms. The molecule has 1 N–H and O–H groups in total. The molecule has 0 amide bonds. The Morgan fingerprint density at radius 2 is 1.21 bits per heavy atom. The second kappa shape index (κ2) is 9.57. The normalized spacial score (nSPS) is 12.3. The fraction of sp³-hybridized carbons (Fsp3) is 0.682. The predicted molar refractivity (Wildman–Crippen MR) is 115 cm³/mol. The van der Waals surface area contributed by atoms with Crippen LogP contribution in [0.1, 0.15) is 102 Å². The van der Waals surface area contributed by atoms with Gasteiger partial charge in [0, 0.05) is 11.4 Å². The highest BCUT2D eigenvalue weighted by molar-refractivity contribution is 5.68. The van der Waals surface area contributed by atoms with Crippen molar-refractivity contribution in [2.45, 2.75) is 92.4 Å². The minimum absolute atomic E-state index is 0.0667. The molecule has 0 aromatic carbocycles. The number of hydrogen-bond acceptors (Lipinski definition) is 4. The highest BCUT2D eigenvalue weighted by atomic mass is 16.4. The van der Waals surface area contributed by atoms with Crippen molar-refractivity contribution < 1.29 is 9.90 Å². The first kappa shape index (κ1) is 23.1. The summed E-state index contributed by atoms with van der Waals surface area (Å²) in [7, 11) is 0. The molecule has 2 aromatic heterocycles. The number of aliphatic carboxylic acids is 1. The van der Waals surface area contributed by atoms with Gasteiger partial charge >= 0.3 is 5.97 Å². The third-order valence-electron chi connectivity index (χ3n) is 5.05. The van der Waals surface area contributed by atoms with Gasteiger partial charge in [-0.05, 0) is 35.8 Å². The van der Waals surface area contributed by atoms with Gasteiger partial charge in [-0.15, -0.1) is 0 Å². The van der Waals surface area contributed by atoms with Crippen LogP contribution in [0.4, 0.5) is 0 Å². The average molecular weight is 404 g/mol. The third kappa shape index (κ3) is 5.92. The van der Waals surface area contributed by atoms with Gasteiger partial charge < -0.3 is 5.11 Å². The second-order valence-corrected chi connectivity index (χ2v) is 9.11. The van der Waals surface area contributed by atoms with E-state index < -0.39 is 5.97 Å². The average Bonchev–Trinajstić information content (AvgIpc) is 3.18. The maximum absolute atomic E-state index is 11.6. The van der Waals surface area contributed by atoms with Crippen LogP contribution in [0.25, 0.3) is 0 Å². The number of hydrogen-bond donors (Lipinski definition) is 1. The van der Waals surface area contributed by atoms with Crippen LogP contribution < -0.4 is 0 Å². The summed E-state index contributed by atoms with van der Waals surface area (Å²) in [6, 6.07) is 4.28. The van der Waals surface area contributed by atoms with Crippen molar-refractivity contribution in [3.8, 4) is 0 Å². The molecule has 0 bridgehead atoms. The Hall–Kier alpha value is -2.15. The van der Waals surface area contributed by atoms with Crippen LogP contribution >= 0.6 is 0 Å². The fourth-order valence-corrected chi connectivity index (χ4v) is 3.34. The topological polar surface area (TPSA) is 76.2 Å². The number of aromatic nitrogens is 4. The van der Waals surface area contributed by atoms with Gasteiger partial charge in [0.15, 0.2) is 0 Å². The molecule has 162 valence electrons. The Morgan fingerprint density at radius 3 is 1.48 bits per heavy atom. The SMILES string of the molecule is CC(C)c1cc(C(C)C)n(CN(CC(=O)O)Cn2nc(C(C)C)cc2C(C)C)n1. The zero-order chi connectivity index (χ0) is 21.9. The molecule has 29 heavy (non-hydrogen) atoms. The number of carbonyl (C=O) groups is 1. The van der Waals surface area contributed by atoms with E-state index in [4.69, 9.17) is 10.2 Å². The molecule has 2 heterocycles. The standard InChI is InChI=1S/C22H37N5O2/c1-14(2)18-9-20(16(5)6)26(23-18)12-25(11-22(28)29)13-27-21(17(7)8)10-19(24-27)15(3)4/h9-10,14-17H,11-13H2,1-8H3,(H,28,29). The van der Waals surface area contributed by atoms with Gasteiger partial charge in [-0.25, -0.2) is 0 Å². The number of rotatable bonds is 10. The molecule has 2 rings (SSSR count). The van der Waals surface area contributed by atoms with Crippen molar-refractivity contribution in [3.63, 3.8) is 0 Å². The van der Waals surface area contributed by atoms with Gasteiger partial charge in [0.25, 0.3) is 0 Å². The van der Waals surface area contributed by atoms with Gasteiger partial charge in [-0.2, -0.15) is 10.2 Å². The van der Waals surface area contributed by atoms with Gasteiger partial charge in [0.1, 0.15) is 0 Å². The van der Waals surface area contributed by atoms with E-state index in [-0.39, 0.29) is 6.54 Å². The molecule has 0 radical (unpaired) electrons. The van der Waals surface area contributed by atoms with Crippen LogP contribution in [0.2, 0.25) is 0 Å². The summed E-state index contributed by atoms with van der Waals surface area (Å²) in [5.41, 5.74) is 4.31. The Bertz CT molecular complexity index is 757. The largest absolute Gasteiger partial charge is 0.480 e. The van der Waals surface area contributed by atoms with Crippen LogP contribution in [0.5, 0.6) is 0 Å². The molecule has 0 aliphatic carbocycles. The smallest absolute Gasteiger partial charge is 0.317 e. The lowest BCUT2D eigenvalue weighted by molar-refractivity contribution is -0.139. The minimum Gasteiger partial charge on any atom is -0.480 e. The lowest BCUT2D eigenvalue weighted by Gasteiger charge is -2.23. The molecular weight excluding hydrogens is 366 g/mol. The zero-order valence-corrected chi connectivity index (χ0v) is 19.2. The lowest BCUT2D eigenvalue weighted by Crippen LogP contribution is -2.35. The van der Waals surface area contributed by atoms with E-state index in [0.29, 0.717) is 37.0 Å². The molecule has 0 atom stereocenters. The maximum atomic E-state index is 11.6. The van der Waals surface area contributed by atoms with Crippen LogP contribution in [0, 0.1) is 0 Å². The first-order valence-electron chi connectivity index (χ1n) is 10.6. The number of carboxylic acids is 1. The summed E-state index contributed by atoms with van der Waals surface area (Å²) in [5.74, 6) is 0.424. The fourth-order valence-electron chi connectivity index (χ4n) is 3.34. The van der Waals surface area contributed by atoms with E-state index in [9.17, 15) is 9.90 Å². The predicted octanol–water partition coefficient (Wildman–Crippen LogP) is 4.58. The molecule has 0 saturated heterocycles. The van der Waals surface area contributed by atoms with E-state index in [1.165, 1.54) is 0 Å². The van der Waals surface area contributed by atoms with E-state index in [1.807, 2.05) is 14.3 Å². The molecule has 0 saturated carbocycles. The van der Waals surface area contributed by atoms with Crippen molar-refractivity contribution in [3.05, 3.63) is 34.9 Å². The molecule has 0 fully saturated rings. The Balaban J connectivity index is 2.35. The van der Waals surface area contributed by atoms with E-state index in [1.54, 1.807) is 0 Å². The highest BCUT2D eigenvalue weighted by Gasteiger charge is 2.20. The molecular formula is C22H37N5O2. The van der Waals surface area contributed by atoms with Crippen molar-refractivity contribution >= 4 is 5.97 Å². The summed E-state index contributed by atoms with van der Waals surface area (Å²) < 4.78 is 3.90. The summed E-state index contributed by atoms with van der Waals surface area (Å²) in [6.45, 7) is 17.8. The van der Waals surface area contributed by atoms with Crippen LogP contribution in [0.15, 0.2) is 12.1 Å². The Kier molecular flexibility index (Phi) is 7.63. The van der Waals surface area contributed by atoms with Crippen LogP contribution in [0.3, 0.4) is 0 Å². The minimum atomic E-state index is -0.852. The van der Waals surface area contributed by atoms with E-state index in [0.717, 1.165) is 22.8 Å². The molecule has 0 spiro atoms. The zero-order valence-electron chi connectivity index (χ0n) is 19.2. The molecule has 0 aliphatic heterocycles. The summed E-state index contributed by atoms with van der Waals surface area (Å²) in [5, 5.41) is 19.0. The first-order chi connectivity index (χ1) is 13.5. The Labute approximate surface area is 174 Å². The van der Waals surface area contributed by atoms with Crippen LogP contribution in [-0.4, -0.2) is 42.1 Å². The van der Waals surface area contributed by atoms with Crippen molar-refractivity contribution in [2.24, 2.45) is 0 Å². The number of carboxylic acid groups (broad SMARTS) is 1. The van der Waals surface area contributed by atoms with Crippen molar-refractivity contribution in [1.82, 2.24) is 24.5 Å². The maximum Gasteiger partial charge on any atom is 0.317 e. The van der Waals surface area contributed by atoms with Crippen molar-refractivity contribution in [1.29, 1.82) is 0 Å². The first-order valence-corrected chi connectivity index (χ1v) is 10.6. The summed E-state index contributed by atoms with van der Waals surface area (Å²) in [6.07, 6.45) is 0. The van der Waals surface area contributed by atoms with Crippen molar-refractivity contribution in [2.75, 3.05) is 6.54 Å². The Morgan fingerprint density at radius 1 is 0.828 bits per heavy atom. The monoisotopic (exact) mass is 403 g/mol. The quantitative estimate of drug-likeness (QED) is 0.628. The molecule has 0 unspecified atom stereocenters. The number of nitrogens with zero attached hydrogens (tertiary/aromatic N) is 5. The lowest BCUT2D eigenvalue weighted by atomic mass is 10.1. The van der Waals surface area contributed by atoms with Gasteiger partial charge in [0.2, 0.25) is 0 Å². The van der Waals surface area contributed by atoms with Gasteiger partial charge in [-0.1, -0.05) is 55.4 Å². The van der Waals surface area contributed by atoms with Crippen LogP contribution in [-0.2, 0) is 18.1 Å². The van der Waals surface area contributed by atoms with Gasteiger partial charge in [-0.3, -0.25) is 19.1 Å². The molecule has 2 aromatic rings. The summed E-state index contributed by atoms with van der Waals surface area (Å²) in [4.78, 5) is 13.4. The summed E-state index contributed by atoms with van der Waals surface area (Å²) >= 11 is 0. The molecule has 7 nitrogen and oxygen atoms in total. The second-order valence-electron chi connectivity index (χ2n) is 9.11. The highest BCUT2D eigenvalue weighted by Crippen LogP contribution is 2.23. The molecule has 0 aliphatic rings. The van der Waals surface area contributed by atoms with Gasteiger partial charge in [0.05, 0.1) is 31.3 Å². The van der Waals surface area contributed by atoms with E-state index in [2.05, 4.69) is 67.5 Å². The van der Waals surface area contributed by atoms with E-state index >= 15 is 0 Å².